The van der Waals surface area contributed by atoms with Gasteiger partial charge in [-0.25, -0.2) is 4.79 Å². The number of para-hydroxylation sites is 1. The van der Waals surface area contributed by atoms with Crippen molar-refractivity contribution in [2.45, 2.75) is 32.7 Å². The van der Waals surface area contributed by atoms with E-state index in [2.05, 4.69) is 6.07 Å². The summed E-state index contributed by atoms with van der Waals surface area (Å²) < 4.78 is 0. The minimum atomic E-state index is 0.0431. The van der Waals surface area contributed by atoms with Crippen molar-refractivity contribution in [3.63, 3.8) is 0 Å². The van der Waals surface area contributed by atoms with Crippen LogP contribution in [0.25, 0.3) is 0 Å². The highest BCUT2D eigenvalue weighted by Crippen LogP contribution is 2.27. The van der Waals surface area contributed by atoms with Crippen LogP contribution in [0.2, 0.25) is 0 Å². The quantitative estimate of drug-likeness (QED) is 0.764. The maximum Gasteiger partial charge on any atom is 0.324 e. The van der Waals surface area contributed by atoms with E-state index >= 15 is 0 Å². The summed E-state index contributed by atoms with van der Waals surface area (Å²) in [6, 6.07) is 8.05. The lowest BCUT2D eigenvalue weighted by atomic mass is 10.1. The van der Waals surface area contributed by atoms with Crippen LogP contribution in [0.3, 0.4) is 0 Å². The third-order valence-corrected chi connectivity index (χ3v) is 3.41. The molecule has 4 heteroatoms. The number of unbranched alkanes of at least 4 members (excludes halogenated alkanes) is 1. The first-order valence-corrected chi connectivity index (χ1v) is 6.69. The first-order chi connectivity index (χ1) is 9.09. The minimum Gasteiger partial charge on any atom is -0.323 e. The maximum atomic E-state index is 12.2. The number of ketones is 1. The van der Waals surface area contributed by atoms with Gasteiger partial charge in [-0.2, -0.15) is 0 Å². The lowest BCUT2D eigenvalue weighted by Gasteiger charge is -2.35. The molecule has 1 aliphatic heterocycles. The number of rotatable bonds is 5. The normalized spacial score (nSPS) is 14.5. The van der Waals surface area contributed by atoms with Crippen LogP contribution in [-0.4, -0.2) is 30.3 Å². The van der Waals surface area contributed by atoms with Crippen molar-refractivity contribution in [3.05, 3.63) is 29.8 Å². The van der Waals surface area contributed by atoms with Crippen molar-refractivity contribution < 1.29 is 9.59 Å². The highest BCUT2D eigenvalue weighted by Gasteiger charge is 2.26. The molecule has 0 aromatic heterocycles. The van der Waals surface area contributed by atoms with E-state index in [1.165, 1.54) is 5.56 Å². The van der Waals surface area contributed by atoms with Gasteiger partial charge < -0.3 is 9.69 Å². The van der Waals surface area contributed by atoms with Crippen molar-refractivity contribution in [1.82, 2.24) is 4.90 Å². The van der Waals surface area contributed by atoms with Crippen LogP contribution in [-0.2, 0) is 11.3 Å². The van der Waals surface area contributed by atoms with Crippen molar-refractivity contribution in [2.24, 2.45) is 0 Å². The first-order valence-electron chi connectivity index (χ1n) is 6.69. The predicted octanol–water partition coefficient (Wildman–Crippen LogP) is 2.82. The van der Waals surface area contributed by atoms with Crippen LogP contribution in [0.1, 0.15) is 31.7 Å². The molecule has 0 saturated carbocycles. The van der Waals surface area contributed by atoms with E-state index in [-0.39, 0.29) is 11.8 Å². The molecule has 0 unspecified atom stereocenters. The van der Waals surface area contributed by atoms with Crippen molar-refractivity contribution in [3.8, 4) is 0 Å². The Morgan fingerprint density at radius 3 is 2.74 bits per heavy atom. The van der Waals surface area contributed by atoms with Gasteiger partial charge in [-0.05, 0) is 31.4 Å². The number of amides is 2. The van der Waals surface area contributed by atoms with E-state index in [1.54, 1.807) is 11.8 Å². The Bertz CT molecular complexity index is 485. The van der Waals surface area contributed by atoms with Gasteiger partial charge in [-0.15, -0.1) is 0 Å². The summed E-state index contributed by atoms with van der Waals surface area (Å²) in [5.74, 6) is 0.211. The van der Waals surface area contributed by atoms with Crippen molar-refractivity contribution in [2.75, 3.05) is 18.5 Å². The standard InChI is InChI=1S/C15H20N2O2/c1-12(18)7-5-6-10-17-14-9-4-3-8-13(14)11-16(2)15(17)19/h3-4,8-9H,5-7,10-11H2,1-2H3. The summed E-state index contributed by atoms with van der Waals surface area (Å²) in [5, 5.41) is 0. The number of carbonyl (C=O) groups excluding carboxylic acids is 2. The second-order valence-corrected chi connectivity index (χ2v) is 5.08. The zero-order valence-corrected chi connectivity index (χ0v) is 11.6. The third kappa shape index (κ3) is 3.13. The molecule has 4 nitrogen and oxygen atoms in total. The molecule has 0 spiro atoms. The number of hydrogen-bond donors (Lipinski definition) is 0. The molecule has 102 valence electrons. The zero-order valence-electron chi connectivity index (χ0n) is 11.6. The number of hydrogen-bond acceptors (Lipinski definition) is 2. The van der Waals surface area contributed by atoms with E-state index in [0.29, 0.717) is 19.5 Å². The molecular weight excluding hydrogens is 240 g/mol. The lowest BCUT2D eigenvalue weighted by molar-refractivity contribution is -0.117. The Balaban J connectivity index is 2.05. The van der Waals surface area contributed by atoms with E-state index < -0.39 is 0 Å². The second kappa shape index (κ2) is 5.87. The van der Waals surface area contributed by atoms with Gasteiger partial charge >= 0.3 is 6.03 Å². The van der Waals surface area contributed by atoms with Crippen LogP contribution in [0.4, 0.5) is 10.5 Å². The molecule has 0 N–H and O–H groups in total. The number of urea groups is 1. The summed E-state index contributed by atoms with van der Waals surface area (Å²) in [4.78, 5) is 26.7. The van der Waals surface area contributed by atoms with Gasteiger partial charge in [-0.1, -0.05) is 18.2 Å². The number of benzene rings is 1. The lowest BCUT2D eigenvalue weighted by Crippen LogP contribution is -2.45. The Morgan fingerprint density at radius 2 is 2.00 bits per heavy atom. The monoisotopic (exact) mass is 260 g/mol. The smallest absolute Gasteiger partial charge is 0.323 e. The number of anilines is 1. The molecule has 0 atom stereocenters. The highest BCUT2D eigenvalue weighted by atomic mass is 16.2. The summed E-state index contributed by atoms with van der Waals surface area (Å²) >= 11 is 0. The summed E-state index contributed by atoms with van der Waals surface area (Å²) in [6.07, 6.45) is 2.29. The molecule has 1 aliphatic rings. The van der Waals surface area contributed by atoms with Gasteiger partial charge in [0.25, 0.3) is 0 Å². The fourth-order valence-corrected chi connectivity index (χ4v) is 2.40. The number of carbonyl (C=O) groups is 2. The third-order valence-electron chi connectivity index (χ3n) is 3.41. The molecule has 0 bridgehead atoms. The molecule has 0 saturated heterocycles. The molecule has 0 fully saturated rings. The van der Waals surface area contributed by atoms with E-state index in [9.17, 15) is 9.59 Å². The van der Waals surface area contributed by atoms with E-state index in [1.807, 2.05) is 30.1 Å². The predicted molar refractivity (Wildman–Crippen MR) is 75.2 cm³/mol. The van der Waals surface area contributed by atoms with Crippen LogP contribution in [0.15, 0.2) is 24.3 Å². The van der Waals surface area contributed by atoms with Crippen LogP contribution in [0, 0.1) is 0 Å². The first kappa shape index (κ1) is 13.6. The topological polar surface area (TPSA) is 40.6 Å². The molecular formula is C15H20N2O2. The SMILES string of the molecule is CC(=O)CCCCN1C(=O)N(C)Cc2ccccc21. The molecule has 0 radical (unpaired) electrons. The fourth-order valence-electron chi connectivity index (χ4n) is 2.40. The van der Waals surface area contributed by atoms with Crippen LogP contribution in [0.5, 0.6) is 0 Å². The average molecular weight is 260 g/mol. The fraction of sp³-hybridized carbons (Fsp3) is 0.467. The van der Waals surface area contributed by atoms with E-state index in [4.69, 9.17) is 0 Å². The van der Waals surface area contributed by atoms with Gasteiger partial charge in [0.15, 0.2) is 0 Å². The number of nitrogens with zero attached hydrogens (tertiary/aromatic N) is 2. The molecule has 0 aliphatic carbocycles. The molecule has 1 heterocycles. The van der Waals surface area contributed by atoms with Crippen LogP contribution >= 0.6 is 0 Å². The molecule has 1 aromatic carbocycles. The Hall–Kier alpha value is -1.84. The van der Waals surface area contributed by atoms with Gasteiger partial charge in [0.05, 0.1) is 5.69 Å². The van der Waals surface area contributed by atoms with Gasteiger partial charge in [0.1, 0.15) is 5.78 Å². The summed E-state index contributed by atoms with van der Waals surface area (Å²) in [7, 11) is 1.82. The second-order valence-electron chi connectivity index (χ2n) is 5.08. The molecule has 2 rings (SSSR count). The number of fused-ring (bicyclic) bond motifs is 1. The molecule has 2 amide bonds. The van der Waals surface area contributed by atoms with Gasteiger partial charge in [0.2, 0.25) is 0 Å². The summed E-state index contributed by atoms with van der Waals surface area (Å²) in [6.45, 7) is 2.95. The Labute approximate surface area is 114 Å². The highest BCUT2D eigenvalue weighted by molar-refractivity contribution is 5.94. The molecule has 19 heavy (non-hydrogen) atoms. The average Bonchev–Trinajstić information content (AvgIpc) is 2.38. The van der Waals surface area contributed by atoms with E-state index in [0.717, 1.165) is 18.5 Å². The molecule has 1 aromatic rings. The Kier molecular flexibility index (Phi) is 4.20. The minimum absolute atomic E-state index is 0.0431. The summed E-state index contributed by atoms with van der Waals surface area (Å²) in [5.41, 5.74) is 2.18. The van der Waals surface area contributed by atoms with Gasteiger partial charge in [-0.3, -0.25) is 4.90 Å². The zero-order chi connectivity index (χ0) is 13.8. The van der Waals surface area contributed by atoms with Crippen molar-refractivity contribution in [1.29, 1.82) is 0 Å². The van der Waals surface area contributed by atoms with Gasteiger partial charge in [0, 0.05) is 26.6 Å². The van der Waals surface area contributed by atoms with Crippen LogP contribution < -0.4 is 4.90 Å². The maximum absolute atomic E-state index is 12.2. The number of Topliss-reactive ketones (excluding diaryl/α,β-unsaturated/α-hetero) is 1. The van der Waals surface area contributed by atoms with Crippen molar-refractivity contribution >= 4 is 17.5 Å². The Morgan fingerprint density at radius 1 is 1.26 bits per heavy atom. The largest absolute Gasteiger partial charge is 0.324 e.